The number of carbonyl (C=O) groups is 1. The molecule has 0 heterocycles. The molecule has 0 N–H and O–H groups in total. The molecular weight excluding hydrogens is 162 g/mol. The van der Waals surface area contributed by atoms with Crippen LogP contribution in [0.5, 0.6) is 0 Å². The zero-order valence-corrected chi connectivity index (χ0v) is 7.52. The van der Waals surface area contributed by atoms with Gasteiger partial charge >= 0.3 is 0 Å². The fourth-order valence-electron chi connectivity index (χ4n) is 1.09. The molecule has 0 saturated carbocycles. The number of anilines is 1. The second-order valence-corrected chi connectivity index (χ2v) is 2.71. The molecule has 0 aromatic heterocycles. The van der Waals surface area contributed by atoms with Gasteiger partial charge in [-0.05, 0) is 18.6 Å². The summed E-state index contributed by atoms with van der Waals surface area (Å²) in [6, 6.07) is 9.59. The molecule has 0 bridgehead atoms. The number of carbonyl (C=O) groups excluding carboxylic acids is 1. The maximum atomic E-state index is 10.7. The Balaban J connectivity index is 2.66. The number of amides is 1. The number of benzene rings is 1. The molecule has 0 spiro atoms. The van der Waals surface area contributed by atoms with E-state index >= 15 is 0 Å². The van der Waals surface area contributed by atoms with Gasteiger partial charge in [-0.3, -0.25) is 4.79 Å². The first-order chi connectivity index (χ1) is 6.38. The highest BCUT2D eigenvalue weighted by Gasteiger charge is 2.01. The number of hydrogen-bond donors (Lipinski definition) is 0. The number of rotatable bonds is 5. The third-order valence-electron chi connectivity index (χ3n) is 1.79. The Bertz CT molecular complexity index is 269. The summed E-state index contributed by atoms with van der Waals surface area (Å²) in [7, 11) is 0. The van der Waals surface area contributed by atoms with Crippen molar-refractivity contribution in [2.45, 2.75) is 6.42 Å². The molecule has 0 unspecified atom stereocenters. The predicted molar refractivity (Wildman–Crippen MR) is 54.7 cm³/mol. The standard InChI is InChI=1S/C11H13NO/c1-2-3-9-12(10-13)11-7-5-4-6-8-11/h2,4-8,10H,1,3,9H2. The van der Waals surface area contributed by atoms with Crippen molar-refractivity contribution >= 4 is 12.1 Å². The van der Waals surface area contributed by atoms with Crippen LogP contribution in [-0.2, 0) is 4.79 Å². The van der Waals surface area contributed by atoms with Crippen LogP contribution < -0.4 is 4.90 Å². The Morgan fingerprint density at radius 3 is 2.54 bits per heavy atom. The van der Waals surface area contributed by atoms with Gasteiger partial charge in [0.05, 0.1) is 0 Å². The van der Waals surface area contributed by atoms with E-state index in [4.69, 9.17) is 0 Å². The fourth-order valence-corrected chi connectivity index (χ4v) is 1.09. The maximum absolute atomic E-state index is 10.7. The molecule has 1 aromatic rings. The topological polar surface area (TPSA) is 20.3 Å². The molecule has 0 radical (unpaired) electrons. The van der Waals surface area contributed by atoms with Crippen molar-refractivity contribution in [3.05, 3.63) is 43.0 Å². The number of nitrogens with zero attached hydrogens (tertiary/aromatic N) is 1. The van der Waals surface area contributed by atoms with Crippen molar-refractivity contribution in [3.63, 3.8) is 0 Å². The molecule has 0 atom stereocenters. The Kier molecular flexibility index (Phi) is 3.76. The van der Waals surface area contributed by atoms with Gasteiger partial charge in [-0.2, -0.15) is 0 Å². The lowest BCUT2D eigenvalue weighted by Crippen LogP contribution is -2.21. The molecule has 1 amide bonds. The molecule has 0 fully saturated rings. The summed E-state index contributed by atoms with van der Waals surface area (Å²) in [5, 5.41) is 0. The minimum atomic E-state index is 0.691. The van der Waals surface area contributed by atoms with Crippen LogP contribution in [0.3, 0.4) is 0 Å². The first-order valence-electron chi connectivity index (χ1n) is 4.26. The molecule has 2 heteroatoms. The Labute approximate surface area is 78.5 Å². The minimum Gasteiger partial charge on any atom is -0.315 e. The van der Waals surface area contributed by atoms with Crippen LogP contribution >= 0.6 is 0 Å². The molecule has 13 heavy (non-hydrogen) atoms. The van der Waals surface area contributed by atoms with E-state index in [1.807, 2.05) is 30.3 Å². The second-order valence-electron chi connectivity index (χ2n) is 2.71. The van der Waals surface area contributed by atoms with Gasteiger partial charge < -0.3 is 4.90 Å². The van der Waals surface area contributed by atoms with Crippen LogP contribution in [-0.4, -0.2) is 13.0 Å². The third kappa shape index (κ3) is 2.75. The van der Waals surface area contributed by atoms with Crippen LogP contribution in [0.25, 0.3) is 0 Å². The van der Waals surface area contributed by atoms with E-state index in [0.717, 1.165) is 18.5 Å². The quantitative estimate of drug-likeness (QED) is 0.496. The number of hydrogen-bond acceptors (Lipinski definition) is 1. The lowest BCUT2D eigenvalue weighted by molar-refractivity contribution is -0.107. The monoisotopic (exact) mass is 175 g/mol. The molecule has 0 aliphatic rings. The van der Waals surface area contributed by atoms with Crippen LogP contribution in [0.4, 0.5) is 5.69 Å². The highest BCUT2D eigenvalue weighted by molar-refractivity contribution is 5.74. The van der Waals surface area contributed by atoms with Crippen LogP contribution in [0.15, 0.2) is 43.0 Å². The van der Waals surface area contributed by atoms with E-state index in [2.05, 4.69) is 6.58 Å². The van der Waals surface area contributed by atoms with E-state index < -0.39 is 0 Å². The van der Waals surface area contributed by atoms with Crippen molar-refractivity contribution in [2.75, 3.05) is 11.4 Å². The van der Waals surface area contributed by atoms with E-state index in [1.165, 1.54) is 0 Å². The largest absolute Gasteiger partial charge is 0.315 e. The van der Waals surface area contributed by atoms with E-state index in [-0.39, 0.29) is 0 Å². The van der Waals surface area contributed by atoms with Gasteiger partial charge in [0.25, 0.3) is 0 Å². The Morgan fingerprint density at radius 1 is 1.31 bits per heavy atom. The summed E-state index contributed by atoms with van der Waals surface area (Å²) >= 11 is 0. The zero-order valence-electron chi connectivity index (χ0n) is 7.52. The molecule has 0 aliphatic heterocycles. The predicted octanol–water partition coefficient (Wildman–Crippen LogP) is 2.23. The molecule has 0 aliphatic carbocycles. The van der Waals surface area contributed by atoms with E-state index in [9.17, 15) is 4.79 Å². The van der Waals surface area contributed by atoms with Crippen LogP contribution in [0, 0.1) is 0 Å². The fraction of sp³-hybridized carbons (Fsp3) is 0.182. The SMILES string of the molecule is C=CCCN(C=O)c1ccccc1. The summed E-state index contributed by atoms with van der Waals surface area (Å²) < 4.78 is 0. The smallest absolute Gasteiger partial charge is 0.214 e. The maximum Gasteiger partial charge on any atom is 0.214 e. The van der Waals surface area contributed by atoms with Gasteiger partial charge in [0.2, 0.25) is 6.41 Å². The first-order valence-corrected chi connectivity index (χ1v) is 4.26. The summed E-state index contributed by atoms with van der Waals surface area (Å²) in [5.74, 6) is 0. The average Bonchev–Trinajstić information content (AvgIpc) is 2.21. The minimum absolute atomic E-state index is 0.691. The summed E-state index contributed by atoms with van der Waals surface area (Å²) in [6.07, 6.45) is 3.46. The zero-order chi connectivity index (χ0) is 9.52. The van der Waals surface area contributed by atoms with Gasteiger partial charge in [-0.25, -0.2) is 0 Å². The summed E-state index contributed by atoms with van der Waals surface area (Å²) in [5.41, 5.74) is 0.930. The molecule has 1 rings (SSSR count). The highest BCUT2D eigenvalue weighted by atomic mass is 16.1. The lowest BCUT2D eigenvalue weighted by atomic mass is 10.3. The van der Waals surface area contributed by atoms with Crippen molar-refractivity contribution in [2.24, 2.45) is 0 Å². The molecular formula is C11H13NO. The van der Waals surface area contributed by atoms with Crippen molar-refractivity contribution in [1.29, 1.82) is 0 Å². The van der Waals surface area contributed by atoms with Gasteiger partial charge in [0.1, 0.15) is 0 Å². The summed E-state index contributed by atoms with van der Waals surface area (Å²) in [4.78, 5) is 12.4. The van der Waals surface area contributed by atoms with Crippen molar-refractivity contribution in [1.82, 2.24) is 0 Å². The molecule has 1 aromatic carbocycles. The Hall–Kier alpha value is -1.57. The Morgan fingerprint density at radius 2 is 2.00 bits per heavy atom. The average molecular weight is 175 g/mol. The molecule has 2 nitrogen and oxygen atoms in total. The number of para-hydroxylation sites is 1. The van der Waals surface area contributed by atoms with Gasteiger partial charge in [-0.15, -0.1) is 6.58 Å². The molecule has 68 valence electrons. The second kappa shape index (κ2) is 5.14. The van der Waals surface area contributed by atoms with Crippen molar-refractivity contribution in [3.8, 4) is 0 Å². The van der Waals surface area contributed by atoms with E-state index in [0.29, 0.717) is 6.54 Å². The highest BCUT2D eigenvalue weighted by Crippen LogP contribution is 2.11. The third-order valence-corrected chi connectivity index (χ3v) is 1.79. The normalized spacial score (nSPS) is 9.23. The van der Waals surface area contributed by atoms with Crippen molar-refractivity contribution < 1.29 is 4.79 Å². The summed E-state index contributed by atoms with van der Waals surface area (Å²) in [6.45, 7) is 4.31. The van der Waals surface area contributed by atoms with Crippen LogP contribution in [0.2, 0.25) is 0 Å². The van der Waals surface area contributed by atoms with Gasteiger partial charge in [0, 0.05) is 12.2 Å². The first kappa shape index (κ1) is 9.52. The van der Waals surface area contributed by atoms with Gasteiger partial charge in [-0.1, -0.05) is 24.3 Å². The molecule has 0 saturated heterocycles. The van der Waals surface area contributed by atoms with Crippen LogP contribution in [0.1, 0.15) is 6.42 Å². The lowest BCUT2D eigenvalue weighted by Gasteiger charge is -2.15. The van der Waals surface area contributed by atoms with E-state index in [1.54, 1.807) is 11.0 Å². The van der Waals surface area contributed by atoms with Gasteiger partial charge in [0.15, 0.2) is 0 Å².